The number of carbonyl (C=O) groups excluding carboxylic acids is 1. The minimum atomic E-state index is -0.896. The van der Waals surface area contributed by atoms with Gasteiger partial charge >= 0.3 is 0 Å². The summed E-state index contributed by atoms with van der Waals surface area (Å²) in [6.07, 6.45) is 3.34. The topological polar surface area (TPSA) is 54.0 Å². The zero-order valence-corrected chi connectivity index (χ0v) is 12.1. The van der Waals surface area contributed by atoms with E-state index in [4.69, 9.17) is 0 Å². The Morgan fingerprint density at radius 2 is 2.09 bits per heavy atom. The first-order valence-corrected chi connectivity index (χ1v) is 6.90. The summed E-state index contributed by atoms with van der Waals surface area (Å²) < 4.78 is 26.0. The van der Waals surface area contributed by atoms with E-state index in [-0.39, 0.29) is 18.5 Å². The minimum absolute atomic E-state index is 0.0838. The van der Waals surface area contributed by atoms with Crippen LogP contribution in [0.5, 0.6) is 0 Å². The fourth-order valence-corrected chi connectivity index (χ4v) is 1.91. The average Bonchev–Trinajstić information content (AvgIpc) is 2.54. The molecule has 1 aromatic heterocycles. The maximum Gasteiger partial charge on any atom is 0.234 e. The van der Waals surface area contributed by atoms with Gasteiger partial charge in [0.1, 0.15) is 0 Å². The van der Waals surface area contributed by atoms with Gasteiger partial charge in [0.25, 0.3) is 0 Å². The second-order valence-electron chi connectivity index (χ2n) is 4.91. The molecule has 1 amide bonds. The minimum Gasteiger partial charge on any atom is -0.351 e. The fourth-order valence-electron chi connectivity index (χ4n) is 1.91. The Hall–Kier alpha value is -2.34. The molecule has 116 valence electrons. The van der Waals surface area contributed by atoms with E-state index in [1.54, 1.807) is 25.4 Å². The van der Waals surface area contributed by atoms with Crippen molar-refractivity contribution in [3.05, 3.63) is 65.5 Å². The SMILES string of the molecule is C[C@@H](NCC(=O)NCc1cccnc1)c1ccc(F)c(F)c1. The van der Waals surface area contributed by atoms with Crippen LogP contribution in [0, 0.1) is 11.6 Å². The van der Waals surface area contributed by atoms with Crippen LogP contribution in [0.1, 0.15) is 24.1 Å². The Kier molecular flexibility index (Phi) is 5.55. The normalized spacial score (nSPS) is 12.0. The van der Waals surface area contributed by atoms with E-state index in [0.717, 1.165) is 17.7 Å². The number of nitrogens with zero attached hydrogens (tertiary/aromatic N) is 1. The third-order valence-electron chi connectivity index (χ3n) is 3.22. The van der Waals surface area contributed by atoms with Crippen LogP contribution in [0.15, 0.2) is 42.7 Å². The largest absolute Gasteiger partial charge is 0.351 e. The summed E-state index contributed by atoms with van der Waals surface area (Å²) in [5.74, 6) is -1.96. The van der Waals surface area contributed by atoms with Crippen molar-refractivity contribution in [1.82, 2.24) is 15.6 Å². The summed E-state index contributed by atoms with van der Waals surface area (Å²) in [7, 11) is 0. The molecule has 1 atom stereocenters. The Labute approximate surface area is 127 Å². The van der Waals surface area contributed by atoms with Gasteiger partial charge in [0.2, 0.25) is 5.91 Å². The third-order valence-corrected chi connectivity index (χ3v) is 3.22. The molecule has 4 nitrogen and oxygen atoms in total. The summed E-state index contributed by atoms with van der Waals surface area (Å²) in [6, 6.07) is 7.09. The van der Waals surface area contributed by atoms with E-state index in [1.165, 1.54) is 6.07 Å². The monoisotopic (exact) mass is 305 g/mol. The molecular weight excluding hydrogens is 288 g/mol. The van der Waals surface area contributed by atoms with E-state index in [2.05, 4.69) is 15.6 Å². The Balaban J connectivity index is 1.79. The fraction of sp³-hybridized carbons (Fsp3) is 0.250. The van der Waals surface area contributed by atoms with Crippen LogP contribution in [-0.4, -0.2) is 17.4 Å². The first kappa shape index (κ1) is 16.0. The van der Waals surface area contributed by atoms with Crippen molar-refractivity contribution < 1.29 is 13.6 Å². The number of amides is 1. The highest BCUT2D eigenvalue weighted by Gasteiger charge is 2.10. The lowest BCUT2D eigenvalue weighted by atomic mass is 10.1. The van der Waals surface area contributed by atoms with Crippen molar-refractivity contribution in [3.63, 3.8) is 0 Å². The molecule has 0 saturated carbocycles. The summed E-state index contributed by atoms with van der Waals surface area (Å²) in [6.45, 7) is 2.26. The molecule has 0 aliphatic heterocycles. The highest BCUT2D eigenvalue weighted by Crippen LogP contribution is 2.15. The molecule has 0 spiro atoms. The highest BCUT2D eigenvalue weighted by atomic mass is 19.2. The first-order valence-electron chi connectivity index (χ1n) is 6.90. The smallest absolute Gasteiger partial charge is 0.234 e. The van der Waals surface area contributed by atoms with Crippen molar-refractivity contribution in [2.24, 2.45) is 0 Å². The number of nitrogens with one attached hydrogen (secondary N) is 2. The molecule has 0 bridgehead atoms. The molecule has 22 heavy (non-hydrogen) atoms. The van der Waals surface area contributed by atoms with Gasteiger partial charge in [0, 0.05) is 25.0 Å². The first-order chi connectivity index (χ1) is 10.6. The summed E-state index contributed by atoms with van der Waals surface area (Å²) in [5.41, 5.74) is 1.49. The van der Waals surface area contributed by atoms with Crippen molar-refractivity contribution in [2.75, 3.05) is 6.54 Å². The average molecular weight is 305 g/mol. The lowest BCUT2D eigenvalue weighted by Gasteiger charge is -2.14. The Morgan fingerprint density at radius 1 is 1.27 bits per heavy atom. The van der Waals surface area contributed by atoms with Gasteiger partial charge in [-0.2, -0.15) is 0 Å². The van der Waals surface area contributed by atoms with Crippen LogP contribution < -0.4 is 10.6 Å². The van der Waals surface area contributed by atoms with E-state index in [9.17, 15) is 13.6 Å². The molecular formula is C16H17F2N3O. The molecule has 0 aliphatic carbocycles. The Bertz CT molecular complexity index is 635. The van der Waals surface area contributed by atoms with E-state index < -0.39 is 11.6 Å². The van der Waals surface area contributed by atoms with Crippen molar-refractivity contribution in [2.45, 2.75) is 19.5 Å². The van der Waals surface area contributed by atoms with Gasteiger partial charge in [-0.15, -0.1) is 0 Å². The molecule has 2 N–H and O–H groups in total. The second kappa shape index (κ2) is 7.61. The standard InChI is InChI=1S/C16H17F2N3O/c1-11(13-4-5-14(17)15(18)7-13)20-10-16(22)21-9-12-3-2-6-19-8-12/h2-8,11,20H,9-10H2,1H3,(H,21,22)/t11-/m1/s1. The van der Waals surface area contributed by atoms with Crippen LogP contribution in [0.2, 0.25) is 0 Å². The molecule has 0 unspecified atom stereocenters. The molecule has 1 aromatic carbocycles. The summed E-state index contributed by atoms with van der Waals surface area (Å²) >= 11 is 0. The number of pyridine rings is 1. The molecule has 6 heteroatoms. The maximum atomic E-state index is 13.2. The van der Waals surface area contributed by atoms with Gasteiger partial charge in [0.05, 0.1) is 6.54 Å². The van der Waals surface area contributed by atoms with Crippen LogP contribution in [-0.2, 0) is 11.3 Å². The molecule has 0 aliphatic rings. The number of hydrogen-bond donors (Lipinski definition) is 2. The van der Waals surface area contributed by atoms with Crippen LogP contribution >= 0.6 is 0 Å². The van der Waals surface area contributed by atoms with Gasteiger partial charge < -0.3 is 10.6 Å². The van der Waals surface area contributed by atoms with E-state index in [0.29, 0.717) is 12.1 Å². The summed E-state index contributed by atoms with van der Waals surface area (Å²) in [5, 5.41) is 5.72. The zero-order valence-electron chi connectivity index (χ0n) is 12.1. The predicted molar refractivity (Wildman–Crippen MR) is 78.9 cm³/mol. The number of rotatable bonds is 6. The molecule has 0 radical (unpaired) electrons. The molecule has 0 fully saturated rings. The lowest BCUT2D eigenvalue weighted by molar-refractivity contribution is -0.120. The zero-order chi connectivity index (χ0) is 15.9. The van der Waals surface area contributed by atoms with Gasteiger partial charge in [0.15, 0.2) is 11.6 Å². The van der Waals surface area contributed by atoms with Crippen molar-refractivity contribution >= 4 is 5.91 Å². The van der Waals surface area contributed by atoms with E-state index >= 15 is 0 Å². The van der Waals surface area contributed by atoms with Crippen LogP contribution in [0.25, 0.3) is 0 Å². The molecule has 1 heterocycles. The summed E-state index contributed by atoms with van der Waals surface area (Å²) in [4.78, 5) is 15.7. The van der Waals surface area contributed by atoms with Crippen LogP contribution in [0.4, 0.5) is 8.78 Å². The van der Waals surface area contributed by atoms with Gasteiger partial charge in [-0.05, 0) is 36.2 Å². The number of halogens is 2. The molecule has 2 aromatic rings. The number of aromatic nitrogens is 1. The van der Waals surface area contributed by atoms with Crippen molar-refractivity contribution in [3.8, 4) is 0 Å². The quantitative estimate of drug-likeness (QED) is 0.861. The van der Waals surface area contributed by atoms with Gasteiger partial charge in [-0.1, -0.05) is 12.1 Å². The van der Waals surface area contributed by atoms with Crippen molar-refractivity contribution in [1.29, 1.82) is 0 Å². The molecule has 2 rings (SSSR count). The molecule has 0 saturated heterocycles. The number of benzene rings is 1. The third kappa shape index (κ3) is 4.60. The number of hydrogen-bond acceptors (Lipinski definition) is 3. The Morgan fingerprint density at radius 3 is 2.77 bits per heavy atom. The highest BCUT2D eigenvalue weighted by molar-refractivity contribution is 5.78. The van der Waals surface area contributed by atoms with Gasteiger partial charge in [-0.3, -0.25) is 9.78 Å². The lowest BCUT2D eigenvalue weighted by Crippen LogP contribution is -2.34. The van der Waals surface area contributed by atoms with Gasteiger partial charge in [-0.25, -0.2) is 8.78 Å². The van der Waals surface area contributed by atoms with Crippen LogP contribution in [0.3, 0.4) is 0 Å². The maximum absolute atomic E-state index is 13.2. The second-order valence-corrected chi connectivity index (χ2v) is 4.91. The van der Waals surface area contributed by atoms with E-state index in [1.807, 2.05) is 6.07 Å². The number of carbonyl (C=O) groups is 1. The predicted octanol–water partition coefficient (Wildman–Crippen LogP) is 2.33.